The van der Waals surface area contributed by atoms with Gasteiger partial charge < -0.3 is 14.8 Å². The number of hydrogen-bond donors (Lipinski definition) is 1. The van der Waals surface area contributed by atoms with Gasteiger partial charge in [-0.05, 0) is 58.6 Å². The molecule has 25 heavy (non-hydrogen) atoms. The minimum Gasteiger partial charge on any atom is -0.469 e. The zero-order valence-electron chi connectivity index (χ0n) is 16.0. The normalized spacial score (nSPS) is 17.9. The number of allylic oxidation sites excluding steroid dienone is 4. The van der Waals surface area contributed by atoms with Gasteiger partial charge in [-0.25, -0.2) is 4.79 Å². The first-order valence-corrected chi connectivity index (χ1v) is 8.51. The molecule has 1 aliphatic rings. The first kappa shape index (κ1) is 20.9. The van der Waals surface area contributed by atoms with Crippen molar-refractivity contribution in [3.05, 3.63) is 22.8 Å². The lowest BCUT2D eigenvalue weighted by atomic mass is 9.81. The van der Waals surface area contributed by atoms with Crippen LogP contribution in [0.4, 0.5) is 4.79 Å². The van der Waals surface area contributed by atoms with E-state index in [9.17, 15) is 14.4 Å². The van der Waals surface area contributed by atoms with Crippen molar-refractivity contribution in [2.75, 3.05) is 13.7 Å². The predicted octanol–water partition coefficient (Wildman–Crippen LogP) is 3.32. The van der Waals surface area contributed by atoms with Crippen LogP contribution in [0.2, 0.25) is 0 Å². The second-order valence-corrected chi connectivity index (χ2v) is 7.24. The molecule has 0 fully saturated rings. The highest BCUT2D eigenvalue weighted by atomic mass is 16.6. The predicted molar refractivity (Wildman–Crippen MR) is 95.1 cm³/mol. The second kappa shape index (κ2) is 8.83. The van der Waals surface area contributed by atoms with E-state index in [1.165, 1.54) is 7.11 Å². The molecule has 1 amide bonds. The molecule has 0 aromatic rings. The fraction of sp³-hybridized carbons (Fsp3) is 0.632. The Labute approximate surface area is 149 Å². The number of carbonyl (C=O) groups is 3. The minimum atomic E-state index is -0.533. The van der Waals surface area contributed by atoms with Crippen LogP contribution in [-0.4, -0.2) is 37.1 Å². The average Bonchev–Trinajstić information content (AvgIpc) is 2.50. The van der Waals surface area contributed by atoms with Gasteiger partial charge in [0.25, 0.3) is 0 Å². The van der Waals surface area contributed by atoms with Crippen molar-refractivity contribution in [2.24, 2.45) is 5.92 Å². The number of esters is 1. The number of hydrogen-bond acceptors (Lipinski definition) is 5. The molecule has 0 aromatic carbocycles. The van der Waals surface area contributed by atoms with Gasteiger partial charge in [0.15, 0.2) is 5.78 Å². The summed E-state index contributed by atoms with van der Waals surface area (Å²) in [5.41, 5.74) is 1.76. The first-order chi connectivity index (χ1) is 11.5. The van der Waals surface area contributed by atoms with Gasteiger partial charge in [0.1, 0.15) is 5.60 Å². The number of methoxy groups -OCH3 is 1. The molecule has 0 spiro atoms. The molecule has 1 atom stereocenters. The molecule has 140 valence electrons. The Balaban J connectivity index is 2.68. The van der Waals surface area contributed by atoms with Crippen LogP contribution < -0.4 is 5.32 Å². The Kier molecular flexibility index (Phi) is 7.39. The summed E-state index contributed by atoms with van der Waals surface area (Å²) < 4.78 is 9.86. The van der Waals surface area contributed by atoms with Gasteiger partial charge in [0.05, 0.1) is 7.11 Å². The molecular weight excluding hydrogens is 322 g/mol. The topological polar surface area (TPSA) is 81.7 Å². The minimum absolute atomic E-state index is 0.0160. The van der Waals surface area contributed by atoms with E-state index in [4.69, 9.17) is 4.74 Å². The molecule has 0 aliphatic heterocycles. The van der Waals surface area contributed by atoms with Crippen LogP contribution in [-0.2, 0) is 19.1 Å². The van der Waals surface area contributed by atoms with Crippen molar-refractivity contribution in [3.63, 3.8) is 0 Å². The lowest BCUT2D eigenvalue weighted by molar-refractivity contribution is -0.140. The summed E-state index contributed by atoms with van der Waals surface area (Å²) in [5, 5.41) is 2.74. The molecule has 1 rings (SSSR count). The maximum atomic E-state index is 12.4. The number of nitrogens with one attached hydrogen (secondary N) is 1. The first-order valence-electron chi connectivity index (χ1n) is 8.51. The largest absolute Gasteiger partial charge is 0.469 e. The zero-order valence-corrected chi connectivity index (χ0v) is 16.0. The molecule has 6 heteroatoms. The highest BCUT2D eigenvalue weighted by Gasteiger charge is 2.25. The Morgan fingerprint density at radius 2 is 1.88 bits per heavy atom. The Hall–Kier alpha value is -2.11. The highest BCUT2D eigenvalue weighted by Crippen LogP contribution is 2.31. The maximum absolute atomic E-state index is 12.4. The van der Waals surface area contributed by atoms with Gasteiger partial charge in [-0.3, -0.25) is 9.59 Å². The van der Waals surface area contributed by atoms with Gasteiger partial charge in [-0.2, -0.15) is 0 Å². The van der Waals surface area contributed by atoms with E-state index in [0.717, 1.165) is 5.57 Å². The Morgan fingerprint density at radius 3 is 2.44 bits per heavy atom. The second-order valence-electron chi connectivity index (χ2n) is 7.24. The maximum Gasteiger partial charge on any atom is 0.407 e. The molecule has 0 radical (unpaired) electrons. The van der Waals surface area contributed by atoms with E-state index in [1.54, 1.807) is 6.92 Å². The molecule has 1 aliphatic carbocycles. The third-order valence-electron chi connectivity index (χ3n) is 4.05. The van der Waals surface area contributed by atoms with Crippen molar-refractivity contribution in [1.82, 2.24) is 5.32 Å². The number of amides is 1. The van der Waals surface area contributed by atoms with Gasteiger partial charge in [0, 0.05) is 18.9 Å². The third kappa shape index (κ3) is 6.72. The van der Waals surface area contributed by atoms with Crippen molar-refractivity contribution < 1.29 is 23.9 Å². The summed E-state index contributed by atoms with van der Waals surface area (Å²) in [6.07, 6.45) is 2.70. The monoisotopic (exact) mass is 351 g/mol. The van der Waals surface area contributed by atoms with E-state index < -0.39 is 11.7 Å². The number of ether oxygens (including phenoxy) is 2. The van der Waals surface area contributed by atoms with Gasteiger partial charge in [0.2, 0.25) is 0 Å². The van der Waals surface area contributed by atoms with Gasteiger partial charge >= 0.3 is 12.1 Å². The molecule has 0 saturated heterocycles. The number of Topliss-reactive ketones (excluding diaryl/α,β-unsaturated/α-hetero) is 1. The van der Waals surface area contributed by atoms with Crippen LogP contribution in [0.5, 0.6) is 0 Å². The summed E-state index contributed by atoms with van der Waals surface area (Å²) in [6, 6.07) is 0. The SMILES string of the molecule is COC(=O)CCC1=C(C)C(CCNC(=O)OC(C)(C)C)C=C(C)C1=O. The van der Waals surface area contributed by atoms with Crippen LogP contribution >= 0.6 is 0 Å². The van der Waals surface area contributed by atoms with Crippen LogP contribution in [0.15, 0.2) is 22.8 Å². The van der Waals surface area contributed by atoms with E-state index in [0.29, 0.717) is 30.5 Å². The van der Waals surface area contributed by atoms with Crippen LogP contribution in [0, 0.1) is 5.92 Å². The van der Waals surface area contributed by atoms with Crippen molar-refractivity contribution in [2.45, 2.75) is 59.5 Å². The van der Waals surface area contributed by atoms with E-state index >= 15 is 0 Å². The van der Waals surface area contributed by atoms with E-state index in [1.807, 2.05) is 33.8 Å². The standard InChI is InChI=1S/C19H29NO5/c1-12-11-14(9-10-20-18(23)25-19(3,4)5)13(2)15(17(12)22)7-8-16(21)24-6/h11,14H,7-10H2,1-6H3,(H,20,23). The number of carbonyl (C=O) groups excluding carboxylic acids is 3. The summed E-state index contributed by atoms with van der Waals surface area (Å²) in [4.78, 5) is 35.4. The van der Waals surface area contributed by atoms with Crippen LogP contribution in [0.25, 0.3) is 0 Å². The number of rotatable bonds is 6. The molecule has 1 N–H and O–H groups in total. The number of ketones is 1. The quantitative estimate of drug-likeness (QED) is 0.742. The molecule has 6 nitrogen and oxygen atoms in total. The summed E-state index contributed by atoms with van der Waals surface area (Å²) in [5.74, 6) is -0.290. The lowest BCUT2D eigenvalue weighted by Gasteiger charge is -2.24. The molecule has 0 heterocycles. The highest BCUT2D eigenvalue weighted by molar-refractivity contribution is 6.09. The van der Waals surface area contributed by atoms with Crippen molar-refractivity contribution in [3.8, 4) is 0 Å². The van der Waals surface area contributed by atoms with E-state index in [2.05, 4.69) is 10.1 Å². The average molecular weight is 351 g/mol. The van der Waals surface area contributed by atoms with Crippen LogP contribution in [0.1, 0.15) is 53.9 Å². The number of alkyl carbamates (subject to hydrolysis) is 1. The van der Waals surface area contributed by atoms with Crippen molar-refractivity contribution in [1.29, 1.82) is 0 Å². The molecule has 1 unspecified atom stereocenters. The summed E-state index contributed by atoms with van der Waals surface area (Å²) in [6.45, 7) is 9.57. The van der Waals surface area contributed by atoms with E-state index in [-0.39, 0.29) is 24.1 Å². The zero-order chi connectivity index (χ0) is 19.2. The lowest BCUT2D eigenvalue weighted by Crippen LogP contribution is -2.33. The summed E-state index contributed by atoms with van der Waals surface area (Å²) >= 11 is 0. The van der Waals surface area contributed by atoms with Crippen LogP contribution in [0.3, 0.4) is 0 Å². The van der Waals surface area contributed by atoms with Gasteiger partial charge in [-0.1, -0.05) is 11.6 Å². The Morgan fingerprint density at radius 1 is 1.24 bits per heavy atom. The van der Waals surface area contributed by atoms with Crippen molar-refractivity contribution >= 4 is 17.8 Å². The summed E-state index contributed by atoms with van der Waals surface area (Å²) in [7, 11) is 1.34. The third-order valence-corrected chi connectivity index (χ3v) is 4.05. The molecule has 0 aromatic heterocycles. The Bertz CT molecular complexity index is 595. The smallest absolute Gasteiger partial charge is 0.407 e. The molecule has 0 bridgehead atoms. The van der Waals surface area contributed by atoms with Gasteiger partial charge in [-0.15, -0.1) is 0 Å². The molecular formula is C19H29NO5. The fourth-order valence-electron chi connectivity index (χ4n) is 2.73. The molecule has 0 saturated carbocycles. The fourth-order valence-corrected chi connectivity index (χ4v) is 2.73.